The summed E-state index contributed by atoms with van der Waals surface area (Å²) in [5, 5.41) is 3.83. The molecule has 222 valence electrons. The van der Waals surface area contributed by atoms with Gasteiger partial charge in [-0.3, -0.25) is 19.2 Å². The van der Waals surface area contributed by atoms with Crippen LogP contribution in [-0.4, -0.2) is 101 Å². The van der Waals surface area contributed by atoms with E-state index in [9.17, 15) is 27.6 Å². The smallest absolute Gasteiger partial charge is 0.325 e. The Bertz CT molecular complexity index is 1430. The highest BCUT2D eigenvalue weighted by molar-refractivity contribution is 7.89. The molecule has 2 fully saturated rings. The van der Waals surface area contributed by atoms with E-state index in [-0.39, 0.29) is 24.0 Å². The molecule has 0 aromatic heterocycles. The van der Waals surface area contributed by atoms with Crippen molar-refractivity contribution in [1.82, 2.24) is 19.8 Å². The second kappa shape index (κ2) is 12.9. The summed E-state index contributed by atoms with van der Waals surface area (Å²) in [5.41, 5.74) is 0.865. The number of likely N-dealkylation sites (tertiary alicyclic amines) is 2. The maximum Gasteiger partial charge on any atom is 0.325 e. The molecule has 13 heteroatoms. The Morgan fingerprint density at radius 2 is 1.59 bits per heavy atom. The summed E-state index contributed by atoms with van der Waals surface area (Å²) in [6.07, 6.45) is 2.06. The van der Waals surface area contributed by atoms with Crippen molar-refractivity contribution in [1.29, 1.82) is 0 Å². The maximum atomic E-state index is 13.5. The molecule has 2 heterocycles. The number of carbonyl (C=O) groups excluding carboxylic acids is 4. The number of hydrogen-bond donors (Lipinski definition) is 2. The number of fused-ring (bicyclic) bond motifs is 1. The zero-order chi connectivity index (χ0) is 29.7. The van der Waals surface area contributed by atoms with Crippen LogP contribution >= 0.6 is 0 Å². The molecule has 2 atom stereocenters. The molecule has 0 saturated carbocycles. The molecule has 41 heavy (non-hydrogen) atoms. The Morgan fingerprint density at radius 1 is 0.927 bits per heavy atom. The van der Waals surface area contributed by atoms with Crippen LogP contribution in [0.25, 0.3) is 10.8 Å². The van der Waals surface area contributed by atoms with Gasteiger partial charge in [-0.15, -0.1) is 0 Å². The second-order valence-corrected chi connectivity index (χ2v) is 12.0. The number of sulfonamides is 1. The van der Waals surface area contributed by atoms with Crippen LogP contribution in [0.3, 0.4) is 0 Å². The van der Waals surface area contributed by atoms with Crippen LogP contribution in [0.4, 0.5) is 5.69 Å². The lowest BCUT2D eigenvalue weighted by atomic mass is 10.1. The summed E-state index contributed by atoms with van der Waals surface area (Å²) in [4.78, 5) is 55.9. The van der Waals surface area contributed by atoms with Crippen molar-refractivity contribution in [2.45, 2.75) is 49.6 Å². The summed E-state index contributed by atoms with van der Waals surface area (Å²) in [6, 6.07) is 8.88. The molecule has 2 aliphatic heterocycles. The normalized spacial score (nSPS) is 18.9. The van der Waals surface area contributed by atoms with E-state index < -0.39 is 46.4 Å². The highest BCUT2D eigenvalue weighted by Crippen LogP contribution is 2.30. The first-order valence-corrected chi connectivity index (χ1v) is 15.3. The van der Waals surface area contributed by atoms with Gasteiger partial charge < -0.3 is 24.8 Å². The standard InChI is InChI=1S/C28H37N5O7S/c1-4-40-26(35)18-29-27(36)22-12-7-16-33(22)28(37)23-13-8-15-32(23)25(34)17-30-41(38,39)24-14-6-9-19-20(24)10-5-11-21(19)31(2)3/h5-6,9-11,14,22-23,30H,4,7-8,12-13,15-18H2,1-3H3,(H,29,36). The monoisotopic (exact) mass is 587 g/mol. The van der Waals surface area contributed by atoms with Crippen LogP contribution in [0.5, 0.6) is 0 Å². The van der Waals surface area contributed by atoms with Gasteiger partial charge in [-0.05, 0) is 44.7 Å². The quantitative estimate of drug-likeness (QED) is 0.389. The van der Waals surface area contributed by atoms with E-state index in [0.29, 0.717) is 44.2 Å². The zero-order valence-corrected chi connectivity index (χ0v) is 24.4. The Labute approximate surface area is 240 Å². The first-order chi connectivity index (χ1) is 19.5. The number of carbonyl (C=O) groups is 4. The van der Waals surface area contributed by atoms with Crippen molar-refractivity contribution in [3.05, 3.63) is 36.4 Å². The minimum Gasteiger partial charge on any atom is -0.465 e. The minimum atomic E-state index is -4.05. The minimum absolute atomic E-state index is 0.0642. The van der Waals surface area contributed by atoms with Gasteiger partial charge in [0.25, 0.3) is 0 Å². The van der Waals surface area contributed by atoms with Crippen molar-refractivity contribution in [3.63, 3.8) is 0 Å². The van der Waals surface area contributed by atoms with Crippen molar-refractivity contribution >= 4 is 50.2 Å². The van der Waals surface area contributed by atoms with Crippen LogP contribution in [0.15, 0.2) is 41.3 Å². The largest absolute Gasteiger partial charge is 0.465 e. The molecule has 2 aromatic carbocycles. The predicted octanol–water partition coefficient (Wildman–Crippen LogP) is 0.845. The fourth-order valence-electron chi connectivity index (χ4n) is 5.53. The molecule has 2 N–H and O–H groups in total. The summed E-state index contributed by atoms with van der Waals surface area (Å²) < 4.78 is 33.8. The molecule has 0 spiro atoms. The SMILES string of the molecule is CCOC(=O)CNC(=O)C1CCCN1C(=O)C1CCCN1C(=O)CNS(=O)(=O)c1cccc2c(N(C)C)cccc12. The lowest BCUT2D eigenvalue weighted by Crippen LogP contribution is -2.54. The third-order valence-electron chi connectivity index (χ3n) is 7.45. The van der Waals surface area contributed by atoms with Crippen molar-refractivity contribution in [2.75, 3.05) is 51.8 Å². The summed E-state index contributed by atoms with van der Waals surface area (Å²) in [6.45, 7) is 1.75. The van der Waals surface area contributed by atoms with Gasteiger partial charge in [0.2, 0.25) is 27.7 Å². The summed E-state index contributed by atoms with van der Waals surface area (Å²) in [5.74, 6) is -1.87. The molecular weight excluding hydrogens is 550 g/mol. The number of esters is 1. The third-order valence-corrected chi connectivity index (χ3v) is 8.91. The van der Waals surface area contributed by atoms with Gasteiger partial charge >= 0.3 is 5.97 Å². The van der Waals surface area contributed by atoms with Crippen LogP contribution in [-0.2, 0) is 33.9 Å². The molecule has 0 bridgehead atoms. The molecule has 0 radical (unpaired) electrons. The van der Waals surface area contributed by atoms with Gasteiger partial charge in [-0.25, -0.2) is 13.1 Å². The Kier molecular flexibility index (Phi) is 9.49. The van der Waals surface area contributed by atoms with Gasteiger partial charge in [0.05, 0.1) is 18.0 Å². The molecule has 4 rings (SSSR count). The highest BCUT2D eigenvalue weighted by atomic mass is 32.2. The van der Waals surface area contributed by atoms with E-state index in [4.69, 9.17) is 4.74 Å². The molecule has 2 saturated heterocycles. The zero-order valence-electron chi connectivity index (χ0n) is 23.6. The van der Waals surface area contributed by atoms with Crippen molar-refractivity contribution in [3.8, 4) is 0 Å². The number of nitrogens with zero attached hydrogens (tertiary/aromatic N) is 3. The number of amides is 3. The lowest BCUT2D eigenvalue weighted by molar-refractivity contribution is -0.147. The van der Waals surface area contributed by atoms with E-state index in [1.807, 2.05) is 31.1 Å². The molecule has 12 nitrogen and oxygen atoms in total. The molecule has 2 unspecified atom stereocenters. The number of nitrogens with one attached hydrogen (secondary N) is 2. The van der Waals surface area contributed by atoms with E-state index >= 15 is 0 Å². The molecular formula is C28H37N5O7S. The van der Waals surface area contributed by atoms with E-state index in [1.165, 1.54) is 15.9 Å². The van der Waals surface area contributed by atoms with Gasteiger partial charge in [0.1, 0.15) is 18.6 Å². The van der Waals surface area contributed by atoms with Crippen molar-refractivity contribution < 1.29 is 32.3 Å². The second-order valence-electron chi connectivity index (χ2n) is 10.3. The van der Waals surface area contributed by atoms with E-state index in [2.05, 4.69) is 10.0 Å². The van der Waals surface area contributed by atoms with Gasteiger partial charge in [-0.2, -0.15) is 0 Å². The third kappa shape index (κ3) is 6.62. The van der Waals surface area contributed by atoms with E-state index in [1.54, 1.807) is 25.1 Å². The fourth-order valence-corrected chi connectivity index (χ4v) is 6.72. The lowest BCUT2D eigenvalue weighted by Gasteiger charge is -2.31. The van der Waals surface area contributed by atoms with Crippen LogP contribution < -0.4 is 14.9 Å². The van der Waals surface area contributed by atoms with Crippen LogP contribution in [0, 0.1) is 0 Å². The van der Waals surface area contributed by atoms with Gasteiger partial charge in [0.15, 0.2) is 0 Å². The average Bonchev–Trinajstić information content (AvgIpc) is 3.64. The Morgan fingerprint density at radius 3 is 2.29 bits per heavy atom. The highest BCUT2D eigenvalue weighted by Gasteiger charge is 2.42. The number of ether oxygens (including phenoxy) is 1. The summed E-state index contributed by atoms with van der Waals surface area (Å²) >= 11 is 0. The number of anilines is 1. The summed E-state index contributed by atoms with van der Waals surface area (Å²) in [7, 11) is -0.295. The Hall–Kier alpha value is -3.71. The first kappa shape index (κ1) is 30.3. The van der Waals surface area contributed by atoms with Crippen molar-refractivity contribution in [2.24, 2.45) is 0 Å². The molecule has 2 aromatic rings. The average molecular weight is 588 g/mol. The maximum absolute atomic E-state index is 13.5. The molecule has 3 amide bonds. The van der Waals surface area contributed by atoms with E-state index in [0.717, 1.165) is 11.1 Å². The molecule has 0 aliphatic carbocycles. The topological polar surface area (TPSA) is 145 Å². The predicted molar refractivity (Wildman–Crippen MR) is 153 cm³/mol. The first-order valence-electron chi connectivity index (χ1n) is 13.8. The fraction of sp³-hybridized carbons (Fsp3) is 0.500. The molecule has 2 aliphatic rings. The van der Waals surface area contributed by atoms with Crippen LogP contribution in [0.2, 0.25) is 0 Å². The number of hydrogen-bond acceptors (Lipinski definition) is 8. The van der Waals surface area contributed by atoms with Gasteiger partial charge in [0, 0.05) is 43.6 Å². The Balaban J connectivity index is 1.42. The number of benzene rings is 2. The van der Waals surface area contributed by atoms with Crippen LogP contribution in [0.1, 0.15) is 32.6 Å². The van der Waals surface area contributed by atoms with Gasteiger partial charge in [-0.1, -0.05) is 24.3 Å². The number of rotatable bonds is 10.